The van der Waals surface area contributed by atoms with Crippen molar-refractivity contribution in [2.45, 2.75) is 6.92 Å². The lowest BCUT2D eigenvalue weighted by molar-refractivity contribution is 0.102. The van der Waals surface area contributed by atoms with Crippen LogP contribution in [-0.2, 0) is 0 Å². The van der Waals surface area contributed by atoms with Gasteiger partial charge in [0.2, 0.25) is 0 Å². The van der Waals surface area contributed by atoms with Gasteiger partial charge in [0.05, 0.1) is 0 Å². The van der Waals surface area contributed by atoms with E-state index in [-0.39, 0.29) is 11.4 Å². The molecule has 0 spiro atoms. The third kappa shape index (κ3) is 2.67. The van der Waals surface area contributed by atoms with Gasteiger partial charge in [-0.15, -0.1) is 0 Å². The summed E-state index contributed by atoms with van der Waals surface area (Å²) in [7, 11) is 0. The van der Waals surface area contributed by atoms with Crippen LogP contribution in [0.4, 0.5) is 5.82 Å². The summed E-state index contributed by atoms with van der Waals surface area (Å²) in [5.74, 6) is 0.305. The number of aromatic amines is 1. The predicted molar refractivity (Wildman–Crippen MR) is 81.7 cm³/mol. The van der Waals surface area contributed by atoms with Crippen LogP contribution >= 0.6 is 0 Å². The number of hydrogen-bond donors (Lipinski definition) is 2. The molecule has 110 valence electrons. The Hall–Kier alpha value is -3.15. The summed E-state index contributed by atoms with van der Waals surface area (Å²) in [6.45, 7) is 1.72. The Labute approximate surface area is 125 Å². The molecule has 0 aliphatic rings. The van der Waals surface area contributed by atoms with Gasteiger partial charge in [-0.05, 0) is 18.6 Å². The second kappa shape index (κ2) is 5.69. The molecule has 3 rings (SSSR count). The number of H-pyrrole nitrogens is 1. The number of nitrogens with one attached hydrogen (secondary N) is 2. The minimum absolute atomic E-state index is 0.0364. The molecule has 1 amide bonds. The highest BCUT2D eigenvalue weighted by Crippen LogP contribution is 2.21. The van der Waals surface area contributed by atoms with Crippen molar-refractivity contribution in [3.05, 3.63) is 70.3 Å². The monoisotopic (exact) mass is 295 g/mol. The van der Waals surface area contributed by atoms with E-state index in [0.717, 1.165) is 5.56 Å². The summed E-state index contributed by atoms with van der Waals surface area (Å²) >= 11 is 0. The maximum absolute atomic E-state index is 12.4. The number of aromatic nitrogens is 2. The van der Waals surface area contributed by atoms with Gasteiger partial charge in [0.1, 0.15) is 11.3 Å². The Kier molecular flexibility index (Phi) is 3.57. The fraction of sp³-hybridized carbons (Fsp3) is 0.0625. The minimum atomic E-state index is -0.533. The van der Waals surface area contributed by atoms with Crippen LogP contribution in [0.1, 0.15) is 16.1 Å². The largest absolute Gasteiger partial charge is 0.360 e. The van der Waals surface area contributed by atoms with Crippen LogP contribution in [0.3, 0.4) is 0 Å². The van der Waals surface area contributed by atoms with E-state index in [0.29, 0.717) is 11.3 Å². The van der Waals surface area contributed by atoms with Crippen molar-refractivity contribution in [2.75, 3.05) is 5.32 Å². The minimum Gasteiger partial charge on any atom is -0.360 e. The lowest BCUT2D eigenvalue weighted by atomic mass is 10.0. The SMILES string of the molecule is Cc1cc(NC(=O)c2c(-c3ccccc3)cc[nH]c2=O)no1. The third-order valence-corrected chi connectivity index (χ3v) is 3.14. The smallest absolute Gasteiger partial charge is 0.263 e. The van der Waals surface area contributed by atoms with Crippen molar-refractivity contribution in [1.29, 1.82) is 0 Å². The van der Waals surface area contributed by atoms with E-state index in [1.165, 1.54) is 6.20 Å². The lowest BCUT2D eigenvalue weighted by Crippen LogP contribution is -2.24. The Bertz CT molecular complexity index is 866. The Morgan fingerprint density at radius 1 is 1.23 bits per heavy atom. The molecule has 0 saturated heterocycles. The number of aryl methyl sites for hydroxylation is 1. The number of carbonyl (C=O) groups is 1. The molecule has 0 saturated carbocycles. The zero-order valence-electron chi connectivity index (χ0n) is 11.8. The molecule has 6 heteroatoms. The highest BCUT2D eigenvalue weighted by molar-refractivity contribution is 6.08. The van der Waals surface area contributed by atoms with E-state index in [1.54, 1.807) is 19.1 Å². The first-order valence-electron chi connectivity index (χ1n) is 6.67. The van der Waals surface area contributed by atoms with Gasteiger partial charge in [-0.25, -0.2) is 0 Å². The molecule has 1 aromatic carbocycles. The molecule has 2 heterocycles. The number of anilines is 1. The Morgan fingerprint density at radius 2 is 2.00 bits per heavy atom. The van der Waals surface area contributed by atoms with Gasteiger partial charge in [0.15, 0.2) is 5.82 Å². The summed E-state index contributed by atoms with van der Waals surface area (Å²) < 4.78 is 4.90. The molecule has 2 N–H and O–H groups in total. The summed E-state index contributed by atoms with van der Waals surface area (Å²) in [6, 6.07) is 12.5. The van der Waals surface area contributed by atoms with Crippen molar-refractivity contribution >= 4 is 11.7 Å². The first-order chi connectivity index (χ1) is 10.6. The van der Waals surface area contributed by atoms with Crippen molar-refractivity contribution in [3.63, 3.8) is 0 Å². The predicted octanol–water partition coefficient (Wildman–Crippen LogP) is 2.59. The second-order valence-electron chi connectivity index (χ2n) is 4.74. The fourth-order valence-corrected chi connectivity index (χ4v) is 2.17. The van der Waals surface area contributed by atoms with E-state index < -0.39 is 11.5 Å². The molecule has 2 aromatic heterocycles. The second-order valence-corrected chi connectivity index (χ2v) is 4.74. The molecule has 22 heavy (non-hydrogen) atoms. The molecule has 0 fully saturated rings. The summed E-state index contributed by atoms with van der Waals surface area (Å²) in [4.78, 5) is 27.0. The molecule has 0 aliphatic heterocycles. The van der Waals surface area contributed by atoms with Gasteiger partial charge < -0.3 is 14.8 Å². The fourth-order valence-electron chi connectivity index (χ4n) is 2.17. The van der Waals surface area contributed by atoms with Crippen molar-refractivity contribution in [1.82, 2.24) is 10.1 Å². The van der Waals surface area contributed by atoms with Crippen molar-refractivity contribution in [3.8, 4) is 11.1 Å². The molecule has 0 aliphatic carbocycles. The quantitative estimate of drug-likeness (QED) is 0.777. The average molecular weight is 295 g/mol. The molecule has 0 radical (unpaired) electrons. The molecule has 3 aromatic rings. The Morgan fingerprint density at radius 3 is 2.68 bits per heavy atom. The van der Waals surface area contributed by atoms with Crippen LogP contribution in [0.15, 0.2) is 58.0 Å². The van der Waals surface area contributed by atoms with E-state index >= 15 is 0 Å². The average Bonchev–Trinajstić information content (AvgIpc) is 2.92. The van der Waals surface area contributed by atoms with Crippen molar-refractivity contribution < 1.29 is 9.32 Å². The van der Waals surface area contributed by atoms with Gasteiger partial charge >= 0.3 is 0 Å². The van der Waals surface area contributed by atoms with E-state index in [1.807, 2.05) is 30.3 Å². The topological polar surface area (TPSA) is 88.0 Å². The Balaban J connectivity index is 2.03. The first kappa shape index (κ1) is 13.8. The van der Waals surface area contributed by atoms with Crippen LogP contribution in [-0.4, -0.2) is 16.0 Å². The lowest BCUT2D eigenvalue weighted by Gasteiger charge is -2.07. The standard InChI is InChI=1S/C16H13N3O3/c1-10-9-13(19-22-10)18-16(21)14-12(7-8-17-15(14)20)11-5-3-2-4-6-11/h2-9H,1H3,(H,17,20)(H,18,19,21). The van der Waals surface area contributed by atoms with E-state index in [4.69, 9.17) is 4.52 Å². The maximum atomic E-state index is 12.4. The first-order valence-corrected chi connectivity index (χ1v) is 6.67. The molecule has 0 atom stereocenters. The summed E-state index contributed by atoms with van der Waals surface area (Å²) in [5.41, 5.74) is 0.922. The number of amides is 1. The van der Waals surface area contributed by atoms with E-state index in [2.05, 4.69) is 15.5 Å². The van der Waals surface area contributed by atoms with Crippen LogP contribution in [0.5, 0.6) is 0 Å². The highest BCUT2D eigenvalue weighted by atomic mass is 16.5. The van der Waals surface area contributed by atoms with Gasteiger partial charge in [0, 0.05) is 17.8 Å². The molecular weight excluding hydrogens is 282 g/mol. The summed E-state index contributed by atoms with van der Waals surface area (Å²) in [5, 5.41) is 6.26. The molecule has 0 bridgehead atoms. The van der Waals surface area contributed by atoms with Gasteiger partial charge in [-0.1, -0.05) is 35.5 Å². The number of benzene rings is 1. The zero-order chi connectivity index (χ0) is 15.5. The maximum Gasteiger partial charge on any atom is 0.263 e. The van der Waals surface area contributed by atoms with Crippen LogP contribution in [0.2, 0.25) is 0 Å². The van der Waals surface area contributed by atoms with Crippen LogP contribution < -0.4 is 10.9 Å². The normalized spacial score (nSPS) is 10.4. The van der Waals surface area contributed by atoms with Gasteiger partial charge in [-0.3, -0.25) is 9.59 Å². The van der Waals surface area contributed by atoms with Crippen molar-refractivity contribution in [2.24, 2.45) is 0 Å². The number of carbonyl (C=O) groups excluding carboxylic acids is 1. The molecule has 0 unspecified atom stereocenters. The van der Waals surface area contributed by atoms with Crippen LogP contribution in [0, 0.1) is 6.92 Å². The highest BCUT2D eigenvalue weighted by Gasteiger charge is 2.18. The number of hydrogen-bond acceptors (Lipinski definition) is 4. The summed E-state index contributed by atoms with van der Waals surface area (Å²) in [6.07, 6.45) is 1.52. The van der Waals surface area contributed by atoms with Gasteiger partial charge in [0.25, 0.3) is 11.5 Å². The zero-order valence-corrected chi connectivity index (χ0v) is 11.8. The van der Waals surface area contributed by atoms with Gasteiger partial charge in [-0.2, -0.15) is 0 Å². The number of nitrogens with zero attached hydrogens (tertiary/aromatic N) is 1. The van der Waals surface area contributed by atoms with Crippen LogP contribution in [0.25, 0.3) is 11.1 Å². The molecular formula is C16H13N3O3. The molecule has 6 nitrogen and oxygen atoms in total. The third-order valence-electron chi connectivity index (χ3n) is 3.14. The van der Waals surface area contributed by atoms with E-state index in [9.17, 15) is 9.59 Å². The number of rotatable bonds is 3. The number of pyridine rings is 1.